The van der Waals surface area contributed by atoms with Crippen LogP contribution in [-0.4, -0.2) is 17.4 Å². The van der Waals surface area contributed by atoms with E-state index in [4.69, 9.17) is 0 Å². The summed E-state index contributed by atoms with van der Waals surface area (Å²) in [5.41, 5.74) is 1.12. The highest BCUT2D eigenvalue weighted by atomic mass is 32.1. The van der Waals surface area contributed by atoms with E-state index in [-0.39, 0.29) is 0 Å². The first-order chi connectivity index (χ1) is 6.34. The summed E-state index contributed by atoms with van der Waals surface area (Å²) in [7, 11) is 0. The maximum Gasteiger partial charge on any atom is 0.0966 e. The quantitative estimate of drug-likeness (QED) is 0.780. The van der Waals surface area contributed by atoms with E-state index in [2.05, 4.69) is 20.7 Å². The van der Waals surface area contributed by atoms with Gasteiger partial charge in [-0.3, -0.25) is 4.99 Å². The monoisotopic (exact) mass is 195 g/mol. The highest BCUT2D eigenvalue weighted by molar-refractivity contribution is 7.09. The molecule has 1 aliphatic heterocycles. The van der Waals surface area contributed by atoms with Crippen LogP contribution in [0, 0.1) is 6.92 Å². The first-order valence-electron chi connectivity index (χ1n) is 4.53. The number of thiazole rings is 1. The number of aromatic nitrogens is 1. The van der Waals surface area contributed by atoms with Crippen molar-refractivity contribution in [2.45, 2.75) is 26.3 Å². The van der Waals surface area contributed by atoms with Crippen molar-refractivity contribution in [3.8, 4) is 0 Å². The minimum absolute atomic E-state index is 0.823. The highest BCUT2D eigenvalue weighted by Gasteiger charge is 2.05. The molecule has 70 valence electrons. The van der Waals surface area contributed by atoms with E-state index in [1.807, 2.05) is 6.92 Å². The SMILES string of the molecule is Cc1nc(CNC2=NCCC2)cs1. The average molecular weight is 195 g/mol. The van der Waals surface area contributed by atoms with Gasteiger partial charge in [-0.25, -0.2) is 4.98 Å². The number of aryl methyl sites for hydroxylation is 1. The third-order valence-corrected chi connectivity index (χ3v) is 2.84. The minimum atomic E-state index is 0.823. The molecule has 0 aliphatic carbocycles. The average Bonchev–Trinajstić information content (AvgIpc) is 2.71. The molecule has 2 heterocycles. The molecule has 0 saturated carbocycles. The molecule has 1 aromatic heterocycles. The fourth-order valence-corrected chi connectivity index (χ4v) is 1.98. The molecule has 2 rings (SSSR count). The van der Waals surface area contributed by atoms with Gasteiger partial charge in [0.05, 0.1) is 23.1 Å². The van der Waals surface area contributed by atoms with Crippen LogP contribution >= 0.6 is 11.3 Å². The number of amidine groups is 1. The van der Waals surface area contributed by atoms with Crippen LogP contribution < -0.4 is 5.32 Å². The molecule has 3 nitrogen and oxygen atoms in total. The molecule has 0 atom stereocenters. The summed E-state index contributed by atoms with van der Waals surface area (Å²) >= 11 is 1.70. The third kappa shape index (κ3) is 2.28. The van der Waals surface area contributed by atoms with Crippen LogP contribution in [0.1, 0.15) is 23.5 Å². The number of hydrogen-bond donors (Lipinski definition) is 1. The Morgan fingerprint density at radius 2 is 2.54 bits per heavy atom. The Hall–Kier alpha value is -0.900. The van der Waals surface area contributed by atoms with E-state index in [0.717, 1.165) is 36.0 Å². The summed E-state index contributed by atoms with van der Waals surface area (Å²) < 4.78 is 0. The van der Waals surface area contributed by atoms with Crippen molar-refractivity contribution in [3.05, 3.63) is 16.1 Å². The largest absolute Gasteiger partial charge is 0.368 e. The van der Waals surface area contributed by atoms with Crippen molar-refractivity contribution in [2.75, 3.05) is 6.54 Å². The van der Waals surface area contributed by atoms with Gasteiger partial charge in [-0.2, -0.15) is 0 Å². The predicted octanol–water partition coefficient (Wildman–Crippen LogP) is 1.73. The summed E-state index contributed by atoms with van der Waals surface area (Å²) in [6.07, 6.45) is 2.29. The number of nitrogens with zero attached hydrogens (tertiary/aromatic N) is 2. The van der Waals surface area contributed by atoms with Crippen molar-refractivity contribution in [1.82, 2.24) is 10.3 Å². The lowest BCUT2D eigenvalue weighted by molar-refractivity contribution is 0.861. The number of nitrogens with one attached hydrogen (secondary N) is 1. The van der Waals surface area contributed by atoms with E-state index in [1.54, 1.807) is 11.3 Å². The molecule has 0 amide bonds. The first-order valence-corrected chi connectivity index (χ1v) is 5.41. The van der Waals surface area contributed by atoms with Crippen LogP contribution in [0.15, 0.2) is 10.4 Å². The second kappa shape index (κ2) is 3.87. The van der Waals surface area contributed by atoms with E-state index >= 15 is 0 Å². The normalized spacial score (nSPS) is 15.9. The number of hydrogen-bond acceptors (Lipinski definition) is 4. The van der Waals surface area contributed by atoms with E-state index in [0.29, 0.717) is 0 Å². The molecule has 0 saturated heterocycles. The van der Waals surface area contributed by atoms with Crippen molar-refractivity contribution in [2.24, 2.45) is 4.99 Å². The molecular formula is C9H13N3S. The summed E-state index contributed by atoms with van der Waals surface area (Å²) in [5.74, 6) is 1.14. The van der Waals surface area contributed by atoms with Gasteiger partial charge >= 0.3 is 0 Å². The Morgan fingerprint density at radius 1 is 1.62 bits per heavy atom. The molecular weight excluding hydrogens is 182 g/mol. The fourth-order valence-electron chi connectivity index (χ4n) is 1.37. The standard InChI is InChI=1S/C9H13N3S/c1-7-12-8(6-13-7)5-11-9-3-2-4-10-9/h6H,2-5H2,1H3,(H,10,11). The zero-order chi connectivity index (χ0) is 9.10. The topological polar surface area (TPSA) is 37.3 Å². The first kappa shape index (κ1) is 8.69. The van der Waals surface area contributed by atoms with Crippen molar-refractivity contribution < 1.29 is 0 Å². The third-order valence-electron chi connectivity index (χ3n) is 2.01. The van der Waals surface area contributed by atoms with Crippen LogP contribution in [0.25, 0.3) is 0 Å². The van der Waals surface area contributed by atoms with Crippen molar-refractivity contribution in [3.63, 3.8) is 0 Å². The van der Waals surface area contributed by atoms with Crippen molar-refractivity contribution in [1.29, 1.82) is 0 Å². The van der Waals surface area contributed by atoms with Crippen LogP contribution in [0.5, 0.6) is 0 Å². The van der Waals surface area contributed by atoms with Gasteiger partial charge in [-0.15, -0.1) is 11.3 Å². The van der Waals surface area contributed by atoms with Crippen LogP contribution in [0.4, 0.5) is 0 Å². The van der Waals surface area contributed by atoms with Crippen LogP contribution in [0.2, 0.25) is 0 Å². The molecule has 4 heteroatoms. The fraction of sp³-hybridized carbons (Fsp3) is 0.556. The van der Waals surface area contributed by atoms with E-state index < -0.39 is 0 Å². The van der Waals surface area contributed by atoms with Gasteiger partial charge < -0.3 is 5.32 Å². The van der Waals surface area contributed by atoms with Crippen LogP contribution in [-0.2, 0) is 6.54 Å². The molecule has 1 N–H and O–H groups in total. The molecule has 0 bridgehead atoms. The van der Waals surface area contributed by atoms with E-state index in [9.17, 15) is 0 Å². The lowest BCUT2D eigenvalue weighted by Crippen LogP contribution is -2.20. The molecule has 0 radical (unpaired) electrons. The number of aliphatic imine (C=N–C) groups is 1. The minimum Gasteiger partial charge on any atom is -0.368 e. The molecule has 0 fully saturated rings. The maximum absolute atomic E-state index is 4.37. The van der Waals surface area contributed by atoms with Gasteiger partial charge in [0, 0.05) is 18.3 Å². The summed E-state index contributed by atoms with van der Waals surface area (Å²) in [6.45, 7) is 3.84. The van der Waals surface area contributed by atoms with E-state index in [1.165, 1.54) is 6.42 Å². The molecule has 0 spiro atoms. The summed E-state index contributed by atoms with van der Waals surface area (Å²) in [4.78, 5) is 8.71. The molecule has 13 heavy (non-hydrogen) atoms. The zero-order valence-electron chi connectivity index (χ0n) is 7.71. The Bertz CT molecular complexity index is 316. The number of rotatable bonds is 2. The summed E-state index contributed by atoms with van der Waals surface area (Å²) in [5, 5.41) is 6.53. The summed E-state index contributed by atoms with van der Waals surface area (Å²) in [6, 6.07) is 0. The predicted molar refractivity (Wildman–Crippen MR) is 55.2 cm³/mol. The molecule has 1 aromatic rings. The Morgan fingerprint density at radius 3 is 3.15 bits per heavy atom. The van der Waals surface area contributed by atoms with Gasteiger partial charge in [0.2, 0.25) is 0 Å². The van der Waals surface area contributed by atoms with Crippen LogP contribution in [0.3, 0.4) is 0 Å². The Kier molecular flexibility index (Phi) is 2.59. The van der Waals surface area contributed by atoms with Gasteiger partial charge in [0.15, 0.2) is 0 Å². The molecule has 1 aliphatic rings. The zero-order valence-corrected chi connectivity index (χ0v) is 8.52. The highest BCUT2D eigenvalue weighted by Crippen LogP contribution is 2.08. The van der Waals surface area contributed by atoms with Gasteiger partial charge in [-0.1, -0.05) is 0 Å². The Labute approximate surface area is 81.9 Å². The Balaban J connectivity index is 1.85. The van der Waals surface area contributed by atoms with Gasteiger partial charge in [-0.05, 0) is 13.3 Å². The van der Waals surface area contributed by atoms with Crippen molar-refractivity contribution >= 4 is 17.2 Å². The lowest BCUT2D eigenvalue weighted by atomic mass is 10.3. The molecule has 0 aromatic carbocycles. The second-order valence-corrected chi connectivity index (χ2v) is 4.21. The lowest BCUT2D eigenvalue weighted by Gasteiger charge is -2.01. The van der Waals surface area contributed by atoms with Gasteiger partial charge in [0.1, 0.15) is 0 Å². The maximum atomic E-state index is 4.37. The second-order valence-electron chi connectivity index (χ2n) is 3.14. The molecule has 0 unspecified atom stereocenters. The van der Waals surface area contributed by atoms with Gasteiger partial charge in [0.25, 0.3) is 0 Å². The smallest absolute Gasteiger partial charge is 0.0966 e.